The van der Waals surface area contributed by atoms with E-state index < -0.39 is 17.9 Å². The van der Waals surface area contributed by atoms with Gasteiger partial charge in [-0.1, -0.05) is 61.0 Å². The Morgan fingerprint density at radius 1 is 1.05 bits per heavy atom. The van der Waals surface area contributed by atoms with Crippen LogP contribution in [0.5, 0.6) is 0 Å². The molecule has 202 valence electrons. The van der Waals surface area contributed by atoms with Crippen LogP contribution < -0.4 is 5.32 Å². The number of hydrogen-bond acceptors (Lipinski definition) is 5. The van der Waals surface area contributed by atoms with Gasteiger partial charge >= 0.3 is 5.97 Å². The van der Waals surface area contributed by atoms with Gasteiger partial charge in [-0.25, -0.2) is 4.79 Å². The number of benzene rings is 3. The number of aryl methyl sites for hydroxylation is 1. The summed E-state index contributed by atoms with van der Waals surface area (Å²) in [6.45, 7) is 4.47. The van der Waals surface area contributed by atoms with Crippen molar-refractivity contribution in [3.8, 4) is 11.1 Å². The lowest BCUT2D eigenvalue weighted by Crippen LogP contribution is -2.41. The summed E-state index contributed by atoms with van der Waals surface area (Å²) in [7, 11) is 0. The van der Waals surface area contributed by atoms with Crippen molar-refractivity contribution in [2.45, 2.75) is 39.0 Å². The van der Waals surface area contributed by atoms with Crippen molar-refractivity contribution in [1.29, 1.82) is 0 Å². The second kappa shape index (κ2) is 15.2. The maximum Gasteiger partial charge on any atom is 0.326 e. The molecule has 3 rings (SSSR count). The van der Waals surface area contributed by atoms with Crippen LogP contribution in [0, 0.1) is 6.92 Å². The maximum atomic E-state index is 13.3. The van der Waals surface area contributed by atoms with Crippen molar-refractivity contribution in [2.24, 2.45) is 0 Å². The molecule has 3 aromatic rings. The molecular formula is C30H34ClNO4S2. The Bertz CT molecular complexity index is 1240. The highest BCUT2D eigenvalue weighted by molar-refractivity contribution is 7.99. The molecular weight excluding hydrogens is 538 g/mol. The standard InChI is InChI=1S/C30H34ClNO4S2/c1-4-38-19-28(22-9-7-10-23(31)17-22)36-18-21-12-13-25(26(16-21)24-11-6-5-8-20(24)2)29(33)32-27(30(34)35)14-15-37-3/h5-13,16-17,27-28H,4,14-15,18-19H2,1-3H3,(H,32,33)(H,34,35)/t27-,28+/m0/s1. The lowest BCUT2D eigenvalue weighted by atomic mass is 9.93. The van der Waals surface area contributed by atoms with Crippen LogP contribution in [0.3, 0.4) is 0 Å². The van der Waals surface area contributed by atoms with Gasteiger partial charge in [0.25, 0.3) is 5.91 Å². The third-order valence-electron chi connectivity index (χ3n) is 6.12. The minimum atomic E-state index is -1.04. The first-order chi connectivity index (χ1) is 18.3. The van der Waals surface area contributed by atoms with Gasteiger partial charge in [-0.05, 0) is 83.2 Å². The van der Waals surface area contributed by atoms with Crippen molar-refractivity contribution in [2.75, 3.05) is 23.5 Å². The molecule has 0 aliphatic carbocycles. The van der Waals surface area contributed by atoms with E-state index in [0.717, 1.165) is 39.3 Å². The lowest BCUT2D eigenvalue weighted by molar-refractivity contribution is -0.139. The van der Waals surface area contributed by atoms with Crippen LogP contribution in [0.4, 0.5) is 0 Å². The summed E-state index contributed by atoms with van der Waals surface area (Å²) in [5.41, 5.74) is 5.07. The average Bonchev–Trinajstić information content (AvgIpc) is 2.91. The molecule has 2 N–H and O–H groups in total. The third-order valence-corrected chi connectivity index (χ3v) is 7.95. The normalized spacial score (nSPS) is 12.6. The molecule has 0 unspecified atom stereocenters. The molecule has 0 aliphatic rings. The lowest BCUT2D eigenvalue weighted by Gasteiger charge is -2.20. The molecule has 0 bridgehead atoms. The molecule has 8 heteroatoms. The number of rotatable bonds is 14. The van der Waals surface area contributed by atoms with Gasteiger partial charge in [-0.2, -0.15) is 23.5 Å². The van der Waals surface area contributed by atoms with Crippen molar-refractivity contribution in [3.63, 3.8) is 0 Å². The zero-order valence-corrected chi connectivity index (χ0v) is 24.3. The zero-order chi connectivity index (χ0) is 27.5. The van der Waals surface area contributed by atoms with Crippen molar-refractivity contribution >= 4 is 47.0 Å². The highest BCUT2D eigenvalue weighted by Gasteiger charge is 2.23. The van der Waals surface area contributed by atoms with E-state index in [4.69, 9.17) is 16.3 Å². The van der Waals surface area contributed by atoms with E-state index in [0.29, 0.717) is 29.4 Å². The van der Waals surface area contributed by atoms with Gasteiger partial charge in [0.2, 0.25) is 0 Å². The monoisotopic (exact) mass is 571 g/mol. The first-order valence-corrected chi connectivity index (χ1v) is 15.4. The van der Waals surface area contributed by atoms with Crippen molar-refractivity contribution in [3.05, 3.63) is 94.0 Å². The number of carboxylic acids is 1. The summed E-state index contributed by atoms with van der Waals surface area (Å²) < 4.78 is 6.37. The van der Waals surface area contributed by atoms with E-state index >= 15 is 0 Å². The number of carbonyl (C=O) groups excluding carboxylic acids is 1. The summed E-state index contributed by atoms with van der Waals surface area (Å²) in [5, 5.41) is 13.0. The molecule has 0 aliphatic heterocycles. The Balaban J connectivity index is 1.90. The minimum Gasteiger partial charge on any atom is -0.480 e. The predicted octanol–water partition coefficient (Wildman–Crippen LogP) is 7.26. The van der Waals surface area contributed by atoms with E-state index in [9.17, 15) is 14.7 Å². The number of nitrogens with one attached hydrogen (secondary N) is 1. The van der Waals surface area contributed by atoms with Crippen LogP contribution in [-0.4, -0.2) is 46.5 Å². The fraction of sp³-hybridized carbons (Fsp3) is 0.333. The first kappa shape index (κ1) is 30.1. The molecule has 0 heterocycles. The second-order valence-corrected chi connectivity index (χ2v) is 11.6. The van der Waals surface area contributed by atoms with E-state index in [2.05, 4.69) is 12.2 Å². The first-order valence-electron chi connectivity index (χ1n) is 12.5. The van der Waals surface area contributed by atoms with Crippen LogP contribution in [0.25, 0.3) is 11.1 Å². The van der Waals surface area contributed by atoms with Gasteiger partial charge in [0, 0.05) is 16.3 Å². The van der Waals surface area contributed by atoms with Gasteiger partial charge in [0.1, 0.15) is 6.04 Å². The van der Waals surface area contributed by atoms with E-state index in [1.807, 2.05) is 73.8 Å². The van der Waals surface area contributed by atoms with E-state index in [1.165, 1.54) is 0 Å². The number of ether oxygens (including phenoxy) is 1. The Morgan fingerprint density at radius 2 is 1.84 bits per heavy atom. The molecule has 0 fully saturated rings. The number of carboxylic acid groups (broad SMARTS) is 1. The van der Waals surface area contributed by atoms with Crippen LogP contribution in [0.1, 0.15) is 46.5 Å². The molecule has 0 spiro atoms. The molecule has 0 radical (unpaired) electrons. The Morgan fingerprint density at radius 3 is 2.53 bits per heavy atom. The van der Waals surface area contributed by atoms with Gasteiger partial charge < -0.3 is 15.2 Å². The number of aliphatic carboxylic acids is 1. The highest BCUT2D eigenvalue weighted by Crippen LogP contribution is 2.30. The number of hydrogen-bond donors (Lipinski definition) is 2. The zero-order valence-electron chi connectivity index (χ0n) is 21.9. The number of thioether (sulfide) groups is 2. The van der Waals surface area contributed by atoms with Crippen LogP contribution in [0.15, 0.2) is 66.7 Å². The number of amides is 1. The summed E-state index contributed by atoms with van der Waals surface area (Å²) >= 11 is 9.59. The molecule has 38 heavy (non-hydrogen) atoms. The summed E-state index contributed by atoms with van der Waals surface area (Å²) in [6, 6.07) is 20.2. The SMILES string of the molecule is CCSC[C@@H](OCc1ccc(C(=O)N[C@@H](CCSC)C(=O)O)c(-c2ccccc2C)c1)c1cccc(Cl)c1. The van der Waals surface area contributed by atoms with E-state index in [1.54, 1.807) is 29.6 Å². The molecule has 0 saturated heterocycles. The number of halogens is 1. The van der Waals surface area contributed by atoms with Gasteiger partial charge in [0.15, 0.2) is 0 Å². The average molecular weight is 572 g/mol. The minimum absolute atomic E-state index is 0.128. The topological polar surface area (TPSA) is 75.6 Å². The molecule has 5 nitrogen and oxygen atoms in total. The molecule has 0 saturated carbocycles. The Kier molecular flexibility index (Phi) is 12.1. The molecule has 3 aromatic carbocycles. The second-order valence-electron chi connectivity index (χ2n) is 8.85. The fourth-order valence-electron chi connectivity index (χ4n) is 4.08. The fourth-order valence-corrected chi connectivity index (χ4v) is 5.48. The Hall–Kier alpha value is -2.45. The Labute approximate surface area is 238 Å². The summed E-state index contributed by atoms with van der Waals surface area (Å²) in [4.78, 5) is 25.1. The van der Waals surface area contributed by atoms with Crippen LogP contribution >= 0.6 is 35.1 Å². The summed E-state index contributed by atoms with van der Waals surface area (Å²) in [6.07, 6.45) is 2.14. The molecule has 1 amide bonds. The molecule has 2 atom stereocenters. The quantitative estimate of drug-likeness (QED) is 0.212. The smallest absolute Gasteiger partial charge is 0.326 e. The van der Waals surface area contributed by atoms with Crippen LogP contribution in [-0.2, 0) is 16.1 Å². The van der Waals surface area contributed by atoms with Gasteiger partial charge in [0.05, 0.1) is 12.7 Å². The summed E-state index contributed by atoms with van der Waals surface area (Å²) in [5.74, 6) is 0.986. The van der Waals surface area contributed by atoms with Crippen molar-refractivity contribution in [1.82, 2.24) is 5.32 Å². The van der Waals surface area contributed by atoms with Crippen LogP contribution in [0.2, 0.25) is 5.02 Å². The largest absolute Gasteiger partial charge is 0.480 e. The van der Waals surface area contributed by atoms with Crippen molar-refractivity contribution < 1.29 is 19.4 Å². The van der Waals surface area contributed by atoms with Gasteiger partial charge in [-0.15, -0.1) is 0 Å². The molecule has 0 aromatic heterocycles. The number of carbonyl (C=O) groups is 2. The van der Waals surface area contributed by atoms with E-state index in [-0.39, 0.29) is 6.10 Å². The van der Waals surface area contributed by atoms with Gasteiger partial charge in [-0.3, -0.25) is 4.79 Å². The third kappa shape index (κ3) is 8.53. The maximum absolute atomic E-state index is 13.3. The predicted molar refractivity (Wildman–Crippen MR) is 160 cm³/mol. The highest BCUT2D eigenvalue weighted by atomic mass is 35.5.